The number of fused-ring (bicyclic) bond motifs is 1. The van der Waals surface area contributed by atoms with Gasteiger partial charge in [-0.2, -0.15) is 10.2 Å². The van der Waals surface area contributed by atoms with Crippen LogP contribution in [0.5, 0.6) is 0 Å². The Morgan fingerprint density at radius 1 is 1.29 bits per heavy atom. The Bertz CT molecular complexity index is 784. The second-order valence-corrected chi connectivity index (χ2v) is 4.91. The molecular formula is C13H10N4O3S. The number of hydrogen-bond donors (Lipinski definition) is 0. The van der Waals surface area contributed by atoms with Gasteiger partial charge in [0.15, 0.2) is 0 Å². The highest BCUT2D eigenvalue weighted by Crippen LogP contribution is 2.31. The van der Waals surface area contributed by atoms with Crippen LogP contribution in [-0.2, 0) is 4.74 Å². The fourth-order valence-electron chi connectivity index (χ4n) is 1.68. The summed E-state index contributed by atoms with van der Waals surface area (Å²) in [5.41, 5.74) is 0.771. The first-order valence-corrected chi connectivity index (χ1v) is 6.98. The van der Waals surface area contributed by atoms with Crippen molar-refractivity contribution in [2.45, 2.75) is 17.0 Å². The first kappa shape index (κ1) is 13.5. The van der Waals surface area contributed by atoms with E-state index in [4.69, 9.17) is 9.15 Å². The number of esters is 1. The lowest BCUT2D eigenvalue weighted by molar-refractivity contribution is 0.0475. The van der Waals surface area contributed by atoms with Crippen molar-refractivity contribution < 1.29 is 13.9 Å². The van der Waals surface area contributed by atoms with Gasteiger partial charge in [-0.25, -0.2) is 4.79 Å². The molecule has 7 nitrogen and oxygen atoms in total. The van der Waals surface area contributed by atoms with E-state index < -0.39 is 5.97 Å². The van der Waals surface area contributed by atoms with Gasteiger partial charge in [0.2, 0.25) is 0 Å². The molecule has 0 saturated carbocycles. The smallest absolute Gasteiger partial charge is 0.396 e. The van der Waals surface area contributed by atoms with E-state index in [1.54, 1.807) is 13.1 Å². The van der Waals surface area contributed by atoms with Crippen LogP contribution in [0, 0.1) is 0 Å². The van der Waals surface area contributed by atoms with Gasteiger partial charge in [0.1, 0.15) is 0 Å². The van der Waals surface area contributed by atoms with Crippen molar-refractivity contribution in [3.63, 3.8) is 0 Å². The van der Waals surface area contributed by atoms with Crippen LogP contribution >= 0.6 is 11.8 Å². The first-order chi connectivity index (χ1) is 10.3. The van der Waals surface area contributed by atoms with Crippen molar-refractivity contribution in [2.24, 2.45) is 0 Å². The predicted molar refractivity (Wildman–Crippen MR) is 73.9 cm³/mol. The third kappa shape index (κ3) is 2.84. The molecule has 2 heterocycles. The molecule has 1 aromatic carbocycles. The molecule has 0 amide bonds. The highest BCUT2D eigenvalue weighted by molar-refractivity contribution is 7.99. The standard InChI is InChI=1S/C13H10N4O3S/c1-2-19-12(18)11-16-17-13(20-11)21-10-7-14-15-9-6-4-3-5-8(9)10/h3-7H,2H2,1H3. The maximum Gasteiger partial charge on any atom is 0.396 e. The summed E-state index contributed by atoms with van der Waals surface area (Å²) in [4.78, 5) is 12.3. The predicted octanol–water partition coefficient (Wildman–Crippen LogP) is 2.34. The van der Waals surface area contributed by atoms with Crippen molar-refractivity contribution in [2.75, 3.05) is 6.61 Å². The molecule has 0 aliphatic carbocycles. The van der Waals surface area contributed by atoms with E-state index in [1.165, 1.54) is 11.8 Å². The van der Waals surface area contributed by atoms with Crippen LogP contribution in [0.1, 0.15) is 17.6 Å². The Labute approximate surface area is 123 Å². The topological polar surface area (TPSA) is 91.0 Å². The van der Waals surface area contributed by atoms with Gasteiger partial charge in [0, 0.05) is 10.3 Å². The lowest BCUT2D eigenvalue weighted by Gasteiger charge is -2.00. The van der Waals surface area contributed by atoms with Gasteiger partial charge >= 0.3 is 11.9 Å². The molecule has 106 valence electrons. The van der Waals surface area contributed by atoms with Crippen LogP contribution in [0.3, 0.4) is 0 Å². The second kappa shape index (κ2) is 5.88. The summed E-state index contributed by atoms with van der Waals surface area (Å²) in [7, 11) is 0. The summed E-state index contributed by atoms with van der Waals surface area (Å²) in [5.74, 6) is -0.791. The molecule has 0 spiro atoms. The Kier molecular flexibility index (Phi) is 3.78. The summed E-state index contributed by atoms with van der Waals surface area (Å²) >= 11 is 1.22. The molecule has 2 aromatic heterocycles. The fourth-order valence-corrected chi connectivity index (χ4v) is 2.46. The molecule has 0 saturated heterocycles. The lowest BCUT2D eigenvalue weighted by atomic mass is 10.2. The van der Waals surface area contributed by atoms with E-state index >= 15 is 0 Å². The molecule has 0 aliphatic heterocycles. The van der Waals surface area contributed by atoms with Gasteiger partial charge in [-0.3, -0.25) is 0 Å². The highest BCUT2D eigenvalue weighted by atomic mass is 32.2. The van der Waals surface area contributed by atoms with Gasteiger partial charge in [-0.05, 0) is 24.8 Å². The molecule has 0 atom stereocenters. The first-order valence-electron chi connectivity index (χ1n) is 6.17. The Hall–Kier alpha value is -2.48. The summed E-state index contributed by atoms with van der Waals surface area (Å²) < 4.78 is 10.1. The van der Waals surface area contributed by atoms with Crippen LogP contribution < -0.4 is 0 Å². The molecule has 21 heavy (non-hydrogen) atoms. The third-order valence-electron chi connectivity index (χ3n) is 2.56. The second-order valence-electron chi connectivity index (χ2n) is 3.92. The lowest BCUT2D eigenvalue weighted by Crippen LogP contribution is -2.04. The minimum atomic E-state index is -0.630. The summed E-state index contributed by atoms with van der Waals surface area (Å²) in [6, 6.07) is 7.59. The average Bonchev–Trinajstić information content (AvgIpc) is 2.97. The molecule has 0 bridgehead atoms. The number of ether oxygens (including phenoxy) is 1. The van der Waals surface area contributed by atoms with Crippen LogP contribution in [0.2, 0.25) is 0 Å². The monoisotopic (exact) mass is 302 g/mol. The summed E-state index contributed by atoms with van der Waals surface area (Å²) in [5, 5.41) is 16.6. The normalized spacial score (nSPS) is 10.7. The fraction of sp³-hybridized carbons (Fsp3) is 0.154. The van der Waals surface area contributed by atoms with Gasteiger partial charge in [-0.1, -0.05) is 23.3 Å². The molecular weight excluding hydrogens is 292 g/mol. The van der Waals surface area contributed by atoms with E-state index in [0.717, 1.165) is 15.8 Å². The van der Waals surface area contributed by atoms with Gasteiger partial charge in [0.25, 0.3) is 5.22 Å². The Morgan fingerprint density at radius 3 is 3.00 bits per heavy atom. The highest BCUT2D eigenvalue weighted by Gasteiger charge is 2.17. The molecule has 0 radical (unpaired) electrons. The van der Waals surface area contributed by atoms with Crippen LogP contribution in [0.4, 0.5) is 0 Å². The molecule has 0 fully saturated rings. The zero-order valence-electron chi connectivity index (χ0n) is 11.0. The average molecular weight is 302 g/mol. The largest absolute Gasteiger partial charge is 0.459 e. The van der Waals surface area contributed by atoms with Crippen LogP contribution in [-0.4, -0.2) is 33.0 Å². The molecule has 8 heteroatoms. The van der Waals surface area contributed by atoms with Crippen LogP contribution in [0.25, 0.3) is 10.9 Å². The van der Waals surface area contributed by atoms with Crippen molar-refractivity contribution >= 4 is 28.6 Å². The van der Waals surface area contributed by atoms with Gasteiger partial charge in [-0.15, -0.1) is 5.10 Å². The third-order valence-corrected chi connectivity index (χ3v) is 3.45. The van der Waals surface area contributed by atoms with E-state index in [1.807, 2.05) is 24.3 Å². The van der Waals surface area contributed by atoms with E-state index in [0.29, 0.717) is 0 Å². The summed E-state index contributed by atoms with van der Waals surface area (Å²) in [6.07, 6.45) is 1.61. The van der Waals surface area contributed by atoms with Crippen molar-refractivity contribution in [3.8, 4) is 0 Å². The minimum Gasteiger partial charge on any atom is -0.459 e. The minimum absolute atomic E-state index is 0.161. The maximum atomic E-state index is 11.5. The number of hydrogen-bond acceptors (Lipinski definition) is 8. The summed E-state index contributed by atoms with van der Waals surface area (Å²) in [6.45, 7) is 1.96. The zero-order valence-corrected chi connectivity index (χ0v) is 11.8. The maximum absolute atomic E-state index is 11.5. The number of aromatic nitrogens is 4. The van der Waals surface area contributed by atoms with Gasteiger partial charge < -0.3 is 9.15 Å². The van der Waals surface area contributed by atoms with Crippen molar-refractivity contribution in [1.29, 1.82) is 0 Å². The Morgan fingerprint density at radius 2 is 2.14 bits per heavy atom. The van der Waals surface area contributed by atoms with Gasteiger partial charge in [0.05, 0.1) is 18.3 Å². The van der Waals surface area contributed by atoms with E-state index in [2.05, 4.69) is 20.4 Å². The molecule has 0 unspecified atom stereocenters. The number of carbonyl (C=O) groups excluding carboxylic acids is 1. The van der Waals surface area contributed by atoms with Crippen molar-refractivity contribution in [3.05, 3.63) is 36.4 Å². The SMILES string of the molecule is CCOC(=O)c1nnc(Sc2cnnc3ccccc23)o1. The molecule has 3 rings (SSSR count). The molecule has 0 N–H and O–H groups in total. The quantitative estimate of drug-likeness (QED) is 0.678. The Balaban J connectivity index is 1.87. The zero-order chi connectivity index (χ0) is 14.7. The van der Waals surface area contributed by atoms with E-state index in [9.17, 15) is 4.79 Å². The molecule has 3 aromatic rings. The molecule has 0 aliphatic rings. The number of nitrogens with zero attached hydrogens (tertiary/aromatic N) is 4. The van der Waals surface area contributed by atoms with Crippen molar-refractivity contribution in [1.82, 2.24) is 20.4 Å². The number of benzene rings is 1. The number of rotatable bonds is 4. The van der Waals surface area contributed by atoms with E-state index in [-0.39, 0.29) is 17.7 Å². The van der Waals surface area contributed by atoms with Crippen LogP contribution in [0.15, 0.2) is 45.0 Å². The number of carbonyl (C=O) groups is 1.